The van der Waals surface area contributed by atoms with E-state index in [0.717, 1.165) is 17.8 Å². The largest absolute Gasteiger partial charge is 0.333 e. The Labute approximate surface area is 71.0 Å². The highest BCUT2D eigenvalue weighted by molar-refractivity contribution is 5.97. The molecule has 0 N–H and O–H groups in total. The van der Waals surface area contributed by atoms with Crippen LogP contribution in [0.1, 0.15) is 23.0 Å². The Bertz CT molecular complexity index is 322. The van der Waals surface area contributed by atoms with Gasteiger partial charge in [0.15, 0.2) is 0 Å². The van der Waals surface area contributed by atoms with Crippen LogP contribution in [-0.2, 0) is 6.54 Å². The van der Waals surface area contributed by atoms with Gasteiger partial charge in [0.1, 0.15) is 0 Å². The van der Waals surface area contributed by atoms with Gasteiger partial charge in [-0.2, -0.15) is 0 Å². The molecule has 0 aliphatic carbocycles. The van der Waals surface area contributed by atoms with E-state index in [2.05, 4.69) is 4.98 Å². The molecule has 0 radical (unpaired) electrons. The van der Waals surface area contributed by atoms with E-state index in [4.69, 9.17) is 0 Å². The Morgan fingerprint density at radius 2 is 2.50 bits per heavy atom. The van der Waals surface area contributed by atoms with Gasteiger partial charge in [0.05, 0.1) is 17.8 Å². The minimum atomic E-state index is 0.112. The lowest BCUT2D eigenvalue weighted by molar-refractivity contribution is 0.0787. The van der Waals surface area contributed by atoms with Gasteiger partial charge in [0, 0.05) is 12.7 Å². The molecule has 62 valence electrons. The molecule has 0 fully saturated rings. The first-order valence-electron chi connectivity index (χ1n) is 4.06. The summed E-state index contributed by atoms with van der Waals surface area (Å²) < 4.78 is 0. The van der Waals surface area contributed by atoms with Crippen LogP contribution in [-0.4, -0.2) is 22.3 Å². The van der Waals surface area contributed by atoms with Crippen molar-refractivity contribution in [1.29, 1.82) is 0 Å². The Morgan fingerprint density at radius 1 is 1.67 bits per heavy atom. The van der Waals surface area contributed by atoms with E-state index in [9.17, 15) is 4.79 Å². The van der Waals surface area contributed by atoms with Crippen molar-refractivity contribution in [2.75, 3.05) is 6.54 Å². The zero-order chi connectivity index (χ0) is 8.55. The summed E-state index contributed by atoms with van der Waals surface area (Å²) in [7, 11) is 0. The molecule has 2 heterocycles. The van der Waals surface area contributed by atoms with Gasteiger partial charge in [-0.05, 0) is 19.1 Å². The molecule has 0 unspecified atom stereocenters. The zero-order valence-electron chi connectivity index (χ0n) is 6.95. The Morgan fingerprint density at radius 3 is 3.17 bits per heavy atom. The van der Waals surface area contributed by atoms with Crippen molar-refractivity contribution in [3.05, 3.63) is 29.6 Å². The second-order valence-corrected chi connectivity index (χ2v) is 2.82. The molecular formula is C9H10N2O. The maximum absolute atomic E-state index is 11.5. The molecule has 3 heteroatoms. The van der Waals surface area contributed by atoms with E-state index in [1.807, 2.05) is 13.0 Å². The van der Waals surface area contributed by atoms with Crippen molar-refractivity contribution < 1.29 is 4.79 Å². The van der Waals surface area contributed by atoms with E-state index < -0.39 is 0 Å². The maximum Gasteiger partial charge on any atom is 0.256 e. The fourth-order valence-corrected chi connectivity index (χ4v) is 1.44. The van der Waals surface area contributed by atoms with Crippen LogP contribution in [0.25, 0.3) is 0 Å². The molecule has 0 spiro atoms. The first kappa shape index (κ1) is 7.28. The van der Waals surface area contributed by atoms with Crippen molar-refractivity contribution in [2.45, 2.75) is 13.5 Å². The van der Waals surface area contributed by atoms with Gasteiger partial charge in [-0.25, -0.2) is 0 Å². The summed E-state index contributed by atoms with van der Waals surface area (Å²) >= 11 is 0. The third-order valence-electron chi connectivity index (χ3n) is 2.13. The lowest BCUT2D eigenvalue weighted by atomic mass is 10.2. The topological polar surface area (TPSA) is 33.2 Å². The fourth-order valence-electron chi connectivity index (χ4n) is 1.44. The van der Waals surface area contributed by atoms with Crippen molar-refractivity contribution in [3.63, 3.8) is 0 Å². The van der Waals surface area contributed by atoms with Crippen molar-refractivity contribution in [1.82, 2.24) is 9.88 Å². The highest BCUT2D eigenvalue weighted by Crippen LogP contribution is 2.19. The van der Waals surface area contributed by atoms with Crippen molar-refractivity contribution in [3.8, 4) is 0 Å². The molecule has 1 aromatic heterocycles. The van der Waals surface area contributed by atoms with Gasteiger partial charge in [-0.3, -0.25) is 9.78 Å². The van der Waals surface area contributed by atoms with Crippen LogP contribution in [0.4, 0.5) is 0 Å². The van der Waals surface area contributed by atoms with Gasteiger partial charge in [-0.15, -0.1) is 0 Å². The number of rotatable bonds is 1. The van der Waals surface area contributed by atoms with E-state index >= 15 is 0 Å². The number of hydrogen-bond acceptors (Lipinski definition) is 2. The average molecular weight is 162 g/mol. The van der Waals surface area contributed by atoms with Gasteiger partial charge in [-0.1, -0.05) is 0 Å². The number of fused-ring (bicyclic) bond motifs is 1. The molecule has 1 aromatic rings. The second kappa shape index (κ2) is 2.59. The normalized spacial score (nSPS) is 15.1. The monoisotopic (exact) mass is 162 g/mol. The second-order valence-electron chi connectivity index (χ2n) is 2.82. The fraction of sp³-hybridized carbons (Fsp3) is 0.333. The molecular weight excluding hydrogens is 152 g/mol. The summed E-state index contributed by atoms with van der Waals surface area (Å²) in [6.45, 7) is 3.41. The lowest BCUT2D eigenvalue weighted by Crippen LogP contribution is -2.22. The van der Waals surface area contributed by atoms with E-state index in [1.165, 1.54) is 0 Å². The Balaban J connectivity index is 2.42. The quantitative estimate of drug-likeness (QED) is 0.618. The molecule has 0 saturated carbocycles. The molecule has 0 bridgehead atoms. The predicted molar refractivity (Wildman–Crippen MR) is 44.7 cm³/mol. The molecule has 0 aromatic carbocycles. The summed E-state index contributed by atoms with van der Waals surface area (Å²) in [6.07, 6.45) is 1.73. The lowest BCUT2D eigenvalue weighted by Gasteiger charge is -2.10. The standard InChI is InChI=1S/C9H10N2O/c1-2-11-6-8-7(9(11)12)4-3-5-10-8/h3-5H,2,6H2,1H3. The number of carbonyl (C=O) groups excluding carboxylic acids is 1. The molecule has 0 atom stereocenters. The van der Waals surface area contributed by atoms with Gasteiger partial charge in [0.2, 0.25) is 0 Å². The van der Waals surface area contributed by atoms with Crippen LogP contribution >= 0.6 is 0 Å². The number of nitrogens with zero attached hydrogens (tertiary/aromatic N) is 2. The van der Waals surface area contributed by atoms with Crippen LogP contribution < -0.4 is 0 Å². The van der Waals surface area contributed by atoms with Crippen LogP contribution in [0.15, 0.2) is 18.3 Å². The highest BCUT2D eigenvalue weighted by Gasteiger charge is 2.26. The molecule has 1 amide bonds. The van der Waals surface area contributed by atoms with Gasteiger partial charge in [0.25, 0.3) is 5.91 Å². The van der Waals surface area contributed by atoms with E-state index in [0.29, 0.717) is 6.54 Å². The van der Waals surface area contributed by atoms with Crippen LogP contribution in [0.3, 0.4) is 0 Å². The van der Waals surface area contributed by atoms with Crippen molar-refractivity contribution >= 4 is 5.91 Å². The number of hydrogen-bond donors (Lipinski definition) is 0. The predicted octanol–water partition coefficient (Wildman–Crippen LogP) is 1.06. The van der Waals surface area contributed by atoms with Crippen molar-refractivity contribution in [2.24, 2.45) is 0 Å². The van der Waals surface area contributed by atoms with Crippen LogP contribution in [0, 0.1) is 0 Å². The number of carbonyl (C=O) groups is 1. The smallest absolute Gasteiger partial charge is 0.256 e. The first-order chi connectivity index (χ1) is 5.83. The van der Waals surface area contributed by atoms with Gasteiger partial charge >= 0.3 is 0 Å². The minimum absolute atomic E-state index is 0.112. The number of pyridine rings is 1. The first-order valence-corrected chi connectivity index (χ1v) is 4.06. The molecule has 2 rings (SSSR count). The Kier molecular flexibility index (Phi) is 1.57. The Hall–Kier alpha value is -1.38. The summed E-state index contributed by atoms with van der Waals surface area (Å²) in [5.74, 6) is 0.112. The van der Waals surface area contributed by atoms with Crippen LogP contribution in [0.5, 0.6) is 0 Å². The number of aromatic nitrogens is 1. The molecule has 12 heavy (non-hydrogen) atoms. The third kappa shape index (κ3) is 0.897. The molecule has 3 nitrogen and oxygen atoms in total. The molecule has 1 aliphatic heterocycles. The minimum Gasteiger partial charge on any atom is -0.333 e. The summed E-state index contributed by atoms with van der Waals surface area (Å²) in [6, 6.07) is 3.64. The SMILES string of the molecule is CCN1Cc2ncccc2C1=O. The highest BCUT2D eigenvalue weighted by atomic mass is 16.2. The molecule has 1 aliphatic rings. The van der Waals surface area contributed by atoms with Crippen LogP contribution in [0.2, 0.25) is 0 Å². The van der Waals surface area contributed by atoms with E-state index in [-0.39, 0.29) is 5.91 Å². The summed E-state index contributed by atoms with van der Waals surface area (Å²) in [4.78, 5) is 17.4. The number of amides is 1. The maximum atomic E-state index is 11.5. The average Bonchev–Trinajstić information content (AvgIpc) is 2.44. The zero-order valence-corrected chi connectivity index (χ0v) is 6.95. The summed E-state index contributed by atoms with van der Waals surface area (Å²) in [5, 5.41) is 0. The molecule has 0 saturated heterocycles. The van der Waals surface area contributed by atoms with Gasteiger partial charge < -0.3 is 4.90 Å². The third-order valence-corrected chi connectivity index (χ3v) is 2.13. The summed E-state index contributed by atoms with van der Waals surface area (Å²) in [5.41, 5.74) is 1.67. The van der Waals surface area contributed by atoms with E-state index in [1.54, 1.807) is 17.2 Å².